The van der Waals surface area contributed by atoms with E-state index in [-0.39, 0.29) is 11.6 Å². The van der Waals surface area contributed by atoms with E-state index in [2.05, 4.69) is 5.32 Å². The zero-order valence-electron chi connectivity index (χ0n) is 18.0. The van der Waals surface area contributed by atoms with Gasteiger partial charge in [0, 0.05) is 4.88 Å². The van der Waals surface area contributed by atoms with Gasteiger partial charge in [-0.15, -0.1) is 11.3 Å². The number of hydrogen-bond donors (Lipinski definition) is 1. The maximum Gasteiger partial charge on any atom is 0.282 e. The zero-order valence-corrected chi connectivity index (χ0v) is 18.8. The van der Waals surface area contributed by atoms with Gasteiger partial charge in [-0.3, -0.25) is 9.59 Å². The number of hydrogen-bond acceptors (Lipinski definition) is 6. The predicted molar refractivity (Wildman–Crippen MR) is 127 cm³/mol. The molecular formula is C25H24N2O4S. The molecule has 2 heterocycles. The standard InChI is InChI=1S/C25H24N2O4S/c1-3-15-31-20-13-8-6-11-18(20)27-24(28)22(21-14-9-16-32-21)23(25(27)29)26-17-10-5-7-12-19(17)30-4-2/h5-14,16,26H,3-4,15H2,1-2H3. The molecule has 0 saturated heterocycles. The molecule has 1 aliphatic rings. The highest BCUT2D eigenvalue weighted by Gasteiger charge is 2.42. The van der Waals surface area contributed by atoms with E-state index in [1.54, 1.807) is 18.2 Å². The van der Waals surface area contributed by atoms with Crippen molar-refractivity contribution in [3.8, 4) is 11.5 Å². The van der Waals surface area contributed by atoms with Gasteiger partial charge in [-0.1, -0.05) is 37.3 Å². The van der Waals surface area contributed by atoms with Crippen LogP contribution in [-0.4, -0.2) is 25.0 Å². The number of imide groups is 1. The van der Waals surface area contributed by atoms with Gasteiger partial charge in [0.05, 0.1) is 30.2 Å². The average Bonchev–Trinajstić information content (AvgIpc) is 3.41. The summed E-state index contributed by atoms with van der Waals surface area (Å²) in [6, 6.07) is 18.2. The van der Waals surface area contributed by atoms with Crippen LogP contribution in [0.4, 0.5) is 11.4 Å². The number of carbonyl (C=O) groups is 2. The predicted octanol–water partition coefficient (Wildman–Crippen LogP) is 5.33. The Morgan fingerprint density at radius 1 is 0.875 bits per heavy atom. The third-order valence-electron chi connectivity index (χ3n) is 4.87. The molecule has 0 bridgehead atoms. The molecule has 32 heavy (non-hydrogen) atoms. The lowest BCUT2D eigenvalue weighted by molar-refractivity contribution is -0.120. The van der Waals surface area contributed by atoms with Crippen molar-refractivity contribution in [3.05, 3.63) is 76.6 Å². The second kappa shape index (κ2) is 9.70. The molecule has 1 aromatic heterocycles. The van der Waals surface area contributed by atoms with E-state index in [1.807, 2.05) is 61.7 Å². The summed E-state index contributed by atoms with van der Waals surface area (Å²) >= 11 is 1.41. The molecule has 0 radical (unpaired) electrons. The molecule has 0 saturated carbocycles. The van der Waals surface area contributed by atoms with Crippen LogP contribution in [0.15, 0.2) is 71.7 Å². The van der Waals surface area contributed by atoms with Crippen LogP contribution in [0.25, 0.3) is 5.57 Å². The highest BCUT2D eigenvalue weighted by atomic mass is 32.1. The molecule has 0 atom stereocenters. The Morgan fingerprint density at radius 3 is 2.34 bits per heavy atom. The van der Waals surface area contributed by atoms with Crippen molar-refractivity contribution in [1.82, 2.24) is 0 Å². The molecule has 3 aromatic rings. The lowest BCUT2D eigenvalue weighted by atomic mass is 10.1. The maximum absolute atomic E-state index is 13.6. The lowest BCUT2D eigenvalue weighted by Crippen LogP contribution is -2.32. The molecule has 2 amide bonds. The molecular weight excluding hydrogens is 424 g/mol. The summed E-state index contributed by atoms with van der Waals surface area (Å²) in [7, 11) is 0. The number of amides is 2. The Morgan fingerprint density at radius 2 is 1.62 bits per heavy atom. The average molecular weight is 449 g/mol. The summed E-state index contributed by atoms with van der Waals surface area (Å²) < 4.78 is 11.5. The van der Waals surface area contributed by atoms with E-state index >= 15 is 0 Å². The van der Waals surface area contributed by atoms with Gasteiger partial charge in [-0.05, 0) is 49.1 Å². The van der Waals surface area contributed by atoms with Gasteiger partial charge < -0.3 is 14.8 Å². The Labute approximate surface area is 191 Å². The van der Waals surface area contributed by atoms with E-state index in [9.17, 15) is 9.59 Å². The van der Waals surface area contributed by atoms with E-state index in [0.717, 1.165) is 6.42 Å². The number of carbonyl (C=O) groups excluding carboxylic acids is 2. The summed E-state index contributed by atoms with van der Waals surface area (Å²) in [6.45, 7) is 4.87. The van der Waals surface area contributed by atoms with Gasteiger partial charge >= 0.3 is 0 Å². The minimum Gasteiger partial charge on any atom is -0.492 e. The van der Waals surface area contributed by atoms with Crippen molar-refractivity contribution >= 4 is 40.1 Å². The molecule has 0 spiro atoms. The monoisotopic (exact) mass is 448 g/mol. The van der Waals surface area contributed by atoms with Crippen molar-refractivity contribution < 1.29 is 19.1 Å². The molecule has 164 valence electrons. The number of thiophene rings is 1. The first kappa shape index (κ1) is 21.6. The normalized spacial score (nSPS) is 13.6. The third-order valence-corrected chi connectivity index (χ3v) is 5.75. The van der Waals surface area contributed by atoms with Crippen LogP contribution >= 0.6 is 11.3 Å². The second-order valence-corrected chi connectivity index (χ2v) is 7.99. The third kappa shape index (κ3) is 4.11. The Kier molecular flexibility index (Phi) is 6.56. The van der Waals surface area contributed by atoms with E-state index in [1.165, 1.54) is 16.2 Å². The van der Waals surface area contributed by atoms with Crippen LogP contribution in [0.2, 0.25) is 0 Å². The van der Waals surface area contributed by atoms with Crippen molar-refractivity contribution in [2.45, 2.75) is 20.3 Å². The fourth-order valence-corrected chi connectivity index (χ4v) is 4.24. The quantitative estimate of drug-likeness (QED) is 0.448. The van der Waals surface area contributed by atoms with Crippen LogP contribution in [0.1, 0.15) is 25.1 Å². The van der Waals surface area contributed by atoms with Crippen molar-refractivity contribution in [2.24, 2.45) is 0 Å². The number of para-hydroxylation sites is 4. The minimum atomic E-state index is -0.433. The SMILES string of the molecule is CCCOc1ccccc1N1C(=O)C(Nc2ccccc2OCC)=C(c2cccs2)C1=O. The number of nitrogens with zero attached hydrogens (tertiary/aromatic N) is 1. The molecule has 1 N–H and O–H groups in total. The first-order valence-corrected chi connectivity index (χ1v) is 11.4. The van der Waals surface area contributed by atoms with Gasteiger partial charge in [0.1, 0.15) is 17.2 Å². The summed E-state index contributed by atoms with van der Waals surface area (Å²) in [5, 5.41) is 5.07. The zero-order chi connectivity index (χ0) is 22.5. The van der Waals surface area contributed by atoms with E-state index in [4.69, 9.17) is 9.47 Å². The van der Waals surface area contributed by atoms with Gasteiger partial charge in [0.2, 0.25) is 0 Å². The summed E-state index contributed by atoms with van der Waals surface area (Å²) in [6.07, 6.45) is 0.815. The largest absolute Gasteiger partial charge is 0.492 e. The number of anilines is 2. The van der Waals surface area contributed by atoms with Gasteiger partial charge in [-0.25, -0.2) is 4.90 Å². The number of rotatable bonds is 9. The number of benzene rings is 2. The molecule has 1 aliphatic heterocycles. The summed E-state index contributed by atoms with van der Waals surface area (Å²) in [5.74, 6) is 0.287. The van der Waals surface area contributed by atoms with E-state index in [0.29, 0.717) is 46.5 Å². The van der Waals surface area contributed by atoms with E-state index < -0.39 is 5.91 Å². The Bertz CT molecular complexity index is 1150. The molecule has 7 heteroatoms. The molecule has 0 unspecified atom stereocenters. The molecule has 6 nitrogen and oxygen atoms in total. The molecule has 0 aliphatic carbocycles. The van der Waals surface area contributed by atoms with Crippen LogP contribution in [0.5, 0.6) is 11.5 Å². The molecule has 0 fully saturated rings. The Hall–Kier alpha value is -3.58. The fourth-order valence-electron chi connectivity index (χ4n) is 3.48. The van der Waals surface area contributed by atoms with Crippen molar-refractivity contribution in [2.75, 3.05) is 23.4 Å². The number of nitrogens with one attached hydrogen (secondary N) is 1. The second-order valence-electron chi connectivity index (χ2n) is 7.04. The smallest absolute Gasteiger partial charge is 0.282 e. The summed E-state index contributed by atoms with van der Waals surface area (Å²) in [5.41, 5.74) is 1.60. The Balaban J connectivity index is 1.78. The topological polar surface area (TPSA) is 67.9 Å². The first-order valence-electron chi connectivity index (χ1n) is 10.5. The minimum absolute atomic E-state index is 0.217. The van der Waals surface area contributed by atoms with Gasteiger partial charge in [0.25, 0.3) is 11.8 Å². The van der Waals surface area contributed by atoms with Crippen LogP contribution in [0.3, 0.4) is 0 Å². The van der Waals surface area contributed by atoms with Gasteiger partial charge in [-0.2, -0.15) is 0 Å². The van der Waals surface area contributed by atoms with Gasteiger partial charge in [0.15, 0.2) is 0 Å². The van der Waals surface area contributed by atoms with Crippen molar-refractivity contribution in [1.29, 1.82) is 0 Å². The number of ether oxygens (including phenoxy) is 2. The van der Waals surface area contributed by atoms with Crippen LogP contribution < -0.4 is 19.7 Å². The molecule has 4 rings (SSSR count). The molecule has 2 aromatic carbocycles. The summed E-state index contributed by atoms with van der Waals surface area (Å²) in [4.78, 5) is 29.1. The highest BCUT2D eigenvalue weighted by molar-refractivity contribution is 7.11. The van der Waals surface area contributed by atoms with Crippen LogP contribution in [0, 0.1) is 0 Å². The van der Waals surface area contributed by atoms with Crippen molar-refractivity contribution in [3.63, 3.8) is 0 Å². The first-order chi connectivity index (χ1) is 15.7. The highest BCUT2D eigenvalue weighted by Crippen LogP contribution is 2.39. The fraction of sp³-hybridized carbons (Fsp3) is 0.200. The van der Waals surface area contributed by atoms with Crippen LogP contribution in [-0.2, 0) is 9.59 Å². The maximum atomic E-state index is 13.6. The lowest BCUT2D eigenvalue weighted by Gasteiger charge is -2.19.